The molecule has 0 aromatic heterocycles. The van der Waals surface area contributed by atoms with Crippen LogP contribution in [0.1, 0.15) is 22.3 Å². The van der Waals surface area contributed by atoms with Gasteiger partial charge in [-0.05, 0) is 37.5 Å². The number of benzene rings is 1. The van der Waals surface area contributed by atoms with Gasteiger partial charge in [0.15, 0.2) is 0 Å². The lowest BCUT2D eigenvalue weighted by Crippen LogP contribution is -2.03. The van der Waals surface area contributed by atoms with E-state index in [-0.39, 0.29) is 12.4 Å². The largest absolute Gasteiger partial charge is 0.507 e. The highest BCUT2D eigenvalue weighted by molar-refractivity contribution is 9.10. The third-order valence-corrected chi connectivity index (χ3v) is 3.73. The first-order chi connectivity index (χ1) is 6.50. The molecule has 0 aliphatic heterocycles. The summed E-state index contributed by atoms with van der Waals surface area (Å²) in [4.78, 5) is 4.56. The summed E-state index contributed by atoms with van der Waals surface area (Å²) in [6, 6.07) is 0. The van der Waals surface area contributed by atoms with Gasteiger partial charge in [0.05, 0.1) is 6.61 Å². The van der Waals surface area contributed by atoms with Gasteiger partial charge in [-0.15, -0.1) is 0 Å². The monoisotopic (exact) mass is 259 g/mol. The fraction of sp³-hybridized carbons (Fsp3) is 0.400. The highest BCUT2D eigenvalue weighted by atomic mass is 79.9. The van der Waals surface area contributed by atoms with Crippen molar-refractivity contribution in [2.75, 3.05) is 0 Å². The van der Waals surface area contributed by atoms with Crippen LogP contribution in [0.2, 0.25) is 0 Å². The van der Waals surface area contributed by atoms with Crippen LogP contribution in [0, 0.1) is 20.8 Å². The van der Waals surface area contributed by atoms with E-state index in [0.29, 0.717) is 0 Å². The molecule has 0 bridgehead atoms. The van der Waals surface area contributed by atoms with Gasteiger partial charge < -0.3 is 5.11 Å². The average molecular weight is 260 g/mol. The molecule has 0 saturated heterocycles. The quantitative estimate of drug-likeness (QED) is 0.803. The molecule has 4 heteroatoms. The zero-order valence-electron chi connectivity index (χ0n) is 8.52. The minimum absolute atomic E-state index is 0.220. The Kier molecular flexibility index (Phi) is 3.53. The Morgan fingerprint density at radius 2 is 1.79 bits per heavy atom. The summed E-state index contributed by atoms with van der Waals surface area (Å²) in [7, 11) is 0. The molecule has 3 nitrogen and oxygen atoms in total. The van der Waals surface area contributed by atoms with Crippen LogP contribution < -0.4 is 5.90 Å². The predicted octanol–water partition coefficient (Wildman–Crippen LogP) is 2.47. The summed E-state index contributed by atoms with van der Waals surface area (Å²) in [5.41, 5.74) is 3.61. The second-order valence-corrected chi connectivity index (χ2v) is 4.12. The molecule has 0 fully saturated rings. The SMILES string of the molecule is Cc1c(C)c(Br)c(C)c(CON)c1O. The molecule has 78 valence electrons. The summed E-state index contributed by atoms with van der Waals surface area (Å²) in [6.45, 7) is 5.97. The molecule has 0 heterocycles. The van der Waals surface area contributed by atoms with Crippen LogP contribution in [0.4, 0.5) is 0 Å². The lowest BCUT2D eigenvalue weighted by molar-refractivity contribution is 0.121. The van der Waals surface area contributed by atoms with E-state index < -0.39 is 0 Å². The molecule has 1 aromatic rings. The number of halogens is 1. The van der Waals surface area contributed by atoms with E-state index in [2.05, 4.69) is 20.8 Å². The number of phenols is 1. The van der Waals surface area contributed by atoms with E-state index in [4.69, 9.17) is 5.90 Å². The number of aromatic hydroxyl groups is 1. The van der Waals surface area contributed by atoms with E-state index in [1.807, 2.05) is 20.8 Å². The molecule has 0 spiro atoms. The van der Waals surface area contributed by atoms with Crippen LogP contribution in [-0.4, -0.2) is 5.11 Å². The summed E-state index contributed by atoms with van der Waals surface area (Å²) in [5.74, 6) is 5.28. The highest BCUT2D eigenvalue weighted by Crippen LogP contribution is 2.35. The molecule has 3 N–H and O–H groups in total. The molecule has 0 aliphatic carbocycles. The number of hydrogen-bond donors (Lipinski definition) is 2. The smallest absolute Gasteiger partial charge is 0.124 e. The lowest BCUT2D eigenvalue weighted by Gasteiger charge is -2.15. The maximum Gasteiger partial charge on any atom is 0.124 e. The minimum Gasteiger partial charge on any atom is -0.507 e. The average Bonchev–Trinajstić information content (AvgIpc) is 2.19. The third-order valence-electron chi connectivity index (χ3n) is 2.54. The number of phenolic OH excluding ortho intramolecular Hbond substituents is 1. The van der Waals surface area contributed by atoms with Gasteiger partial charge in [0.25, 0.3) is 0 Å². The third kappa shape index (κ3) is 1.78. The van der Waals surface area contributed by atoms with Crippen molar-refractivity contribution in [3.8, 4) is 5.75 Å². The molecule has 1 rings (SSSR count). The first-order valence-electron chi connectivity index (χ1n) is 4.29. The zero-order valence-corrected chi connectivity index (χ0v) is 10.1. The number of hydrogen-bond acceptors (Lipinski definition) is 3. The molecule has 0 saturated carbocycles. The van der Waals surface area contributed by atoms with E-state index in [0.717, 1.165) is 26.7 Å². The van der Waals surface area contributed by atoms with Gasteiger partial charge in [-0.2, -0.15) is 0 Å². The summed E-state index contributed by atoms with van der Waals surface area (Å²) in [5, 5.41) is 9.86. The van der Waals surface area contributed by atoms with Crippen molar-refractivity contribution in [1.82, 2.24) is 0 Å². The molecule has 0 radical (unpaired) electrons. The summed E-state index contributed by atoms with van der Waals surface area (Å²) >= 11 is 3.48. The molecule has 14 heavy (non-hydrogen) atoms. The van der Waals surface area contributed by atoms with E-state index in [1.165, 1.54) is 0 Å². The molecule has 0 aliphatic rings. The second kappa shape index (κ2) is 4.29. The topological polar surface area (TPSA) is 55.5 Å². The number of nitrogens with two attached hydrogens (primary N) is 1. The normalized spacial score (nSPS) is 10.6. The van der Waals surface area contributed by atoms with Crippen LogP contribution in [0.5, 0.6) is 5.75 Å². The van der Waals surface area contributed by atoms with Crippen LogP contribution in [0.15, 0.2) is 4.47 Å². The molecule has 0 atom stereocenters. The van der Waals surface area contributed by atoms with Gasteiger partial charge in [-0.25, -0.2) is 5.90 Å². The molecular weight excluding hydrogens is 246 g/mol. The first-order valence-corrected chi connectivity index (χ1v) is 5.08. The molecule has 0 unspecified atom stereocenters. The van der Waals surface area contributed by atoms with Gasteiger partial charge in [-0.1, -0.05) is 15.9 Å². The van der Waals surface area contributed by atoms with Crippen molar-refractivity contribution < 1.29 is 9.94 Å². The molecule has 1 aromatic carbocycles. The van der Waals surface area contributed by atoms with Crippen LogP contribution in [0.25, 0.3) is 0 Å². The van der Waals surface area contributed by atoms with Crippen molar-refractivity contribution in [1.29, 1.82) is 0 Å². The Bertz CT molecular complexity index is 335. The summed E-state index contributed by atoms with van der Waals surface area (Å²) < 4.78 is 1.000. The zero-order chi connectivity index (χ0) is 10.9. The molecular formula is C10H14BrNO2. The highest BCUT2D eigenvalue weighted by Gasteiger charge is 2.14. The lowest BCUT2D eigenvalue weighted by atomic mass is 9.99. The Labute approximate surface area is 92.0 Å². The maximum absolute atomic E-state index is 9.86. The van der Waals surface area contributed by atoms with Gasteiger partial charge >= 0.3 is 0 Å². The van der Waals surface area contributed by atoms with Crippen molar-refractivity contribution in [3.63, 3.8) is 0 Å². The Morgan fingerprint density at radius 1 is 1.21 bits per heavy atom. The number of rotatable bonds is 2. The summed E-state index contributed by atoms with van der Waals surface area (Å²) in [6.07, 6.45) is 0. The van der Waals surface area contributed by atoms with E-state index in [1.54, 1.807) is 0 Å². The van der Waals surface area contributed by atoms with Crippen molar-refractivity contribution in [2.24, 2.45) is 5.90 Å². The van der Waals surface area contributed by atoms with Crippen LogP contribution in [0.3, 0.4) is 0 Å². The van der Waals surface area contributed by atoms with E-state index in [9.17, 15) is 5.11 Å². The van der Waals surface area contributed by atoms with Crippen LogP contribution in [-0.2, 0) is 11.4 Å². The van der Waals surface area contributed by atoms with Crippen molar-refractivity contribution in [3.05, 3.63) is 26.7 Å². The van der Waals surface area contributed by atoms with Gasteiger partial charge in [0.2, 0.25) is 0 Å². The van der Waals surface area contributed by atoms with Crippen LogP contribution >= 0.6 is 15.9 Å². The Balaban J connectivity index is 3.43. The first kappa shape index (κ1) is 11.5. The van der Waals surface area contributed by atoms with Gasteiger partial charge in [0, 0.05) is 10.0 Å². The van der Waals surface area contributed by atoms with Gasteiger partial charge in [-0.3, -0.25) is 4.84 Å². The fourth-order valence-corrected chi connectivity index (χ4v) is 1.96. The maximum atomic E-state index is 9.86. The Morgan fingerprint density at radius 3 is 2.29 bits per heavy atom. The minimum atomic E-state index is 0.220. The standard InChI is InChI=1S/C10H14BrNO2/c1-5-6(2)10(13)8(4-14-12)7(3)9(5)11/h13H,4,12H2,1-3H3. The van der Waals surface area contributed by atoms with Gasteiger partial charge in [0.1, 0.15) is 5.75 Å². The van der Waals surface area contributed by atoms with Crippen molar-refractivity contribution >= 4 is 15.9 Å². The predicted molar refractivity (Wildman–Crippen MR) is 59.0 cm³/mol. The van der Waals surface area contributed by atoms with E-state index >= 15 is 0 Å². The second-order valence-electron chi connectivity index (χ2n) is 3.33. The Hall–Kier alpha value is -0.580. The molecule has 0 amide bonds. The van der Waals surface area contributed by atoms with Crippen molar-refractivity contribution in [2.45, 2.75) is 27.4 Å². The fourth-order valence-electron chi connectivity index (χ4n) is 1.42.